The van der Waals surface area contributed by atoms with Crippen LogP contribution in [0.15, 0.2) is 60.1 Å². The predicted octanol–water partition coefficient (Wildman–Crippen LogP) is 3.85. The molecule has 0 aliphatic rings. The number of rotatable bonds is 3. The van der Waals surface area contributed by atoms with Gasteiger partial charge in [0.05, 0.1) is 5.69 Å². The van der Waals surface area contributed by atoms with E-state index in [0.717, 1.165) is 11.3 Å². The third kappa shape index (κ3) is 3.43. The Bertz CT molecular complexity index is 728. The standard InChI is InChI=1S/C15H12N4OS/c20-14(18-13-8-4-5-9-16-13)19-15-17-12(10-21-15)11-6-2-1-3-7-11/h1-10H,(H2,16,17,18,19,20). The number of hydrogen-bond donors (Lipinski definition) is 2. The van der Waals surface area contributed by atoms with Crippen molar-refractivity contribution in [1.29, 1.82) is 0 Å². The number of carbonyl (C=O) groups is 1. The lowest BCUT2D eigenvalue weighted by Gasteiger charge is -2.03. The zero-order chi connectivity index (χ0) is 14.5. The summed E-state index contributed by atoms with van der Waals surface area (Å²) in [5.41, 5.74) is 1.86. The molecular formula is C15H12N4OS. The van der Waals surface area contributed by atoms with Gasteiger partial charge in [0.2, 0.25) is 0 Å². The summed E-state index contributed by atoms with van der Waals surface area (Å²) in [5, 5.41) is 7.80. The van der Waals surface area contributed by atoms with Gasteiger partial charge in [0.15, 0.2) is 5.13 Å². The van der Waals surface area contributed by atoms with Crippen molar-refractivity contribution in [3.05, 3.63) is 60.1 Å². The number of urea groups is 1. The monoisotopic (exact) mass is 296 g/mol. The first-order chi connectivity index (χ1) is 10.3. The molecule has 0 aliphatic heterocycles. The summed E-state index contributed by atoms with van der Waals surface area (Å²) in [6.07, 6.45) is 1.62. The molecule has 0 atom stereocenters. The maximum absolute atomic E-state index is 11.8. The number of pyridine rings is 1. The van der Waals surface area contributed by atoms with Crippen molar-refractivity contribution < 1.29 is 4.79 Å². The molecular weight excluding hydrogens is 284 g/mol. The lowest BCUT2D eigenvalue weighted by Crippen LogP contribution is -2.19. The minimum absolute atomic E-state index is 0.359. The lowest BCUT2D eigenvalue weighted by atomic mass is 10.2. The van der Waals surface area contributed by atoms with Crippen molar-refractivity contribution >= 4 is 28.3 Å². The van der Waals surface area contributed by atoms with E-state index in [1.807, 2.05) is 35.7 Å². The Morgan fingerprint density at radius 1 is 1.00 bits per heavy atom. The Morgan fingerprint density at radius 2 is 1.81 bits per heavy atom. The van der Waals surface area contributed by atoms with E-state index >= 15 is 0 Å². The molecule has 3 rings (SSSR count). The normalized spacial score (nSPS) is 10.1. The zero-order valence-corrected chi connectivity index (χ0v) is 11.8. The molecule has 0 spiro atoms. The second-order valence-corrected chi connectivity index (χ2v) is 5.06. The predicted molar refractivity (Wildman–Crippen MR) is 84.4 cm³/mol. The van der Waals surface area contributed by atoms with Crippen LogP contribution in [-0.2, 0) is 0 Å². The van der Waals surface area contributed by atoms with E-state index in [9.17, 15) is 4.79 Å². The van der Waals surface area contributed by atoms with Gasteiger partial charge in [-0.1, -0.05) is 36.4 Å². The number of amides is 2. The van der Waals surface area contributed by atoms with Crippen LogP contribution in [0.2, 0.25) is 0 Å². The summed E-state index contributed by atoms with van der Waals surface area (Å²) >= 11 is 1.38. The van der Waals surface area contributed by atoms with Crippen LogP contribution < -0.4 is 10.6 Å². The second kappa shape index (κ2) is 6.15. The molecule has 1 aromatic carbocycles. The first-order valence-corrected chi connectivity index (χ1v) is 7.19. The summed E-state index contributed by atoms with van der Waals surface area (Å²) < 4.78 is 0. The molecule has 21 heavy (non-hydrogen) atoms. The Morgan fingerprint density at radius 3 is 2.57 bits per heavy atom. The molecule has 0 unspecified atom stereocenters. The number of nitrogens with zero attached hydrogens (tertiary/aromatic N) is 2. The van der Waals surface area contributed by atoms with Crippen LogP contribution in [-0.4, -0.2) is 16.0 Å². The van der Waals surface area contributed by atoms with Crippen LogP contribution in [0.5, 0.6) is 0 Å². The average Bonchev–Trinajstić information content (AvgIpc) is 2.97. The zero-order valence-electron chi connectivity index (χ0n) is 11.0. The van der Waals surface area contributed by atoms with E-state index in [4.69, 9.17) is 0 Å². The molecule has 3 aromatic rings. The highest BCUT2D eigenvalue weighted by molar-refractivity contribution is 7.14. The molecule has 0 bridgehead atoms. The van der Waals surface area contributed by atoms with Crippen molar-refractivity contribution in [2.45, 2.75) is 0 Å². The summed E-state index contributed by atoms with van der Waals surface area (Å²) in [6.45, 7) is 0. The molecule has 2 heterocycles. The molecule has 0 saturated carbocycles. The second-order valence-electron chi connectivity index (χ2n) is 4.20. The maximum Gasteiger partial charge on any atom is 0.326 e. The topological polar surface area (TPSA) is 66.9 Å². The number of thiazole rings is 1. The minimum atomic E-state index is -0.359. The molecule has 2 amide bonds. The van der Waals surface area contributed by atoms with Crippen molar-refractivity contribution in [3.8, 4) is 11.3 Å². The molecule has 2 aromatic heterocycles. The molecule has 104 valence electrons. The summed E-state index contributed by atoms with van der Waals surface area (Å²) in [4.78, 5) is 20.2. The van der Waals surface area contributed by atoms with Gasteiger partial charge >= 0.3 is 6.03 Å². The number of carbonyl (C=O) groups excluding carboxylic acids is 1. The van der Waals surface area contributed by atoms with E-state index < -0.39 is 0 Å². The van der Waals surface area contributed by atoms with Gasteiger partial charge < -0.3 is 0 Å². The molecule has 2 N–H and O–H groups in total. The van der Waals surface area contributed by atoms with Crippen molar-refractivity contribution in [2.75, 3.05) is 10.6 Å². The van der Waals surface area contributed by atoms with Crippen LogP contribution >= 0.6 is 11.3 Å². The first-order valence-electron chi connectivity index (χ1n) is 6.31. The molecule has 0 radical (unpaired) electrons. The largest absolute Gasteiger partial charge is 0.326 e. The summed E-state index contributed by atoms with van der Waals surface area (Å²) in [6, 6.07) is 14.8. The quantitative estimate of drug-likeness (QED) is 0.771. The maximum atomic E-state index is 11.8. The number of aromatic nitrogens is 2. The van der Waals surface area contributed by atoms with E-state index in [2.05, 4.69) is 20.6 Å². The fourth-order valence-electron chi connectivity index (χ4n) is 1.75. The van der Waals surface area contributed by atoms with Crippen molar-refractivity contribution in [2.24, 2.45) is 0 Å². The Labute approximate surface area is 125 Å². The molecule has 0 fully saturated rings. The van der Waals surface area contributed by atoms with Crippen LogP contribution in [0.25, 0.3) is 11.3 Å². The number of anilines is 2. The molecule has 0 saturated heterocycles. The number of nitrogens with one attached hydrogen (secondary N) is 2. The Kier molecular flexibility index (Phi) is 3.88. The van der Waals surface area contributed by atoms with Gasteiger partial charge in [-0.05, 0) is 12.1 Å². The highest BCUT2D eigenvalue weighted by Crippen LogP contribution is 2.24. The first kappa shape index (κ1) is 13.3. The number of hydrogen-bond acceptors (Lipinski definition) is 4. The highest BCUT2D eigenvalue weighted by atomic mass is 32.1. The van der Waals surface area contributed by atoms with Gasteiger partial charge in [0.1, 0.15) is 5.82 Å². The van der Waals surface area contributed by atoms with Crippen molar-refractivity contribution in [1.82, 2.24) is 9.97 Å². The van der Waals surface area contributed by atoms with E-state index in [1.165, 1.54) is 11.3 Å². The molecule has 5 nitrogen and oxygen atoms in total. The van der Waals surface area contributed by atoms with E-state index in [1.54, 1.807) is 24.4 Å². The van der Waals surface area contributed by atoms with Gasteiger partial charge in [-0.3, -0.25) is 10.6 Å². The van der Waals surface area contributed by atoms with Gasteiger partial charge in [-0.25, -0.2) is 14.8 Å². The van der Waals surface area contributed by atoms with Crippen LogP contribution in [0.1, 0.15) is 0 Å². The van der Waals surface area contributed by atoms with Gasteiger partial charge in [0.25, 0.3) is 0 Å². The van der Waals surface area contributed by atoms with E-state index in [0.29, 0.717) is 10.9 Å². The Balaban J connectivity index is 1.66. The third-order valence-electron chi connectivity index (χ3n) is 2.70. The summed E-state index contributed by atoms with van der Waals surface area (Å²) in [5.74, 6) is 0.495. The number of benzene rings is 1. The summed E-state index contributed by atoms with van der Waals surface area (Å²) in [7, 11) is 0. The van der Waals surface area contributed by atoms with Crippen LogP contribution in [0.3, 0.4) is 0 Å². The highest BCUT2D eigenvalue weighted by Gasteiger charge is 2.08. The fraction of sp³-hybridized carbons (Fsp3) is 0. The molecule has 6 heteroatoms. The minimum Gasteiger partial charge on any atom is -0.292 e. The van der Waals surface area contributed by atoms with Crippen LogP contribution in [0.4, 0.5) is 15.7 Å². The van der Waals surface area contributed by atoms with Gasteiger partial charge in [-0.2, -0.15) is 0 Å². The van der Waals surface area contributed by atoms with Gasteiger partial charge in [-0.15, -0.1) is 11.3 Å². The third-order valence-corrected chi connectivity index (χ3v) is 3.46. The smallest absolute Gasteiger partial charge is 0.292 e. The average molecular weight is 296 g/mol. The Hall–Kier alpha value is -2.73. The fourth-order valence-corrected chi connectivity index (χ4v) is 2.47. The van der Waals surface area contributed by atoms with Gasteiger partial charge in [0, 0.05) is 17.1 Å². The molecule has 0 aliphatic carbocycles. The van der Waals surface area contributed by atoms with Crippen LogP contribution in [0, 0.1) is 0 Å². The SMILES string of the molecule is O=C(Nc1ccccn1)Nc1nc(-c2ccccc2)cs1. The van der Waals surface area contributed by atoms with E-state index in [-0.39, 0.29) is 6.03 Å². The lowest BCUT2D eigenvalue weighted by molar-refractivity contribution is 0.262. The van der Waals surface area contributed by atoms with Crippen molar-refractivity contribution in [3.63, 3.8) is 0 Å².